The Morgan fingerprint density at radius 2 is 1.34 bits per heavy atom. The van der Waals surface area contributed by atoms with Gasteiger partial charge < -0.3 is 4.74 Å². The Labute approximate surface area is 211 Å². The number of methoxy groups -OCH3 is 1. The molecule has 1 nitrogen and oxygen atoms in total. The second-order valence-electron chi connectivity index (χ2n) is 10.3. The van der Waals surface area contributed by atoms with E-state index in [9.17, 15) is 0 Å². The van der Waals surface area contributed by atoms with Gasteiger partial charge in [0.1, 0.15) is 13.8 Å². The lowest BCUT2D eigenvalue weighted by molar-refractivity contribution is 0.412. The van der Waals surface area contributed by atoms with Gasteiger partial charge in [0.05, 0.1) is 7.11 Å². The Morgan fingerprint density at radius 3 is 1.91 bits per heavy atom. The summed E-state index contributed by atoms with van der Waals surface area (Å²) < 4.78 is 6.32. The number of allylic oxidation sites excluding steroid dienone is 1. The normalized spacial score (nSPS) is 15.1. The summed E-state index contributed by atoms with van der Waals surface area (Å²) in [5, 5.41) is 2.96. The second-order valence-corrected chi connectivity index (χ2v) is 14.6. The monoisotopic (exact) mass is 474 g/mol. The SMILES string of the molecule is COc1c(C(c2ccccc2)c2ccccc2)cc(C)cc1[Si](C)(C)C1=Cc2ccccc2C1C. The molecule has 0 fully saturated rings. The maximum atomic E-state index is 6.32. The van der Waals surface area contributed by atoms with Crippen molar-refractivity contribution in [2.24, 2.45) is 0 Å². The summed E-state index contributed by atoms with van der Waals surface area (Å²) in [5.74, 6) is 1.59. The van der Waals surface area contributed by atoms with Crippen molar-refractivity contribution in [1.82, 2.24) is 0 Å². The van der Waals surface area contributed by atoms with Gasteiger partial charge >= 0.3 is 0 Å². The van der Waals surface area contributed by atoms with E-state index in [0.717, 1.165) is 5.75 Å². The topological polar surface area (TPSA) is 9.23 Å². The summed E-state index contributed by atoms with van der Waals surface area (Å²) >= 11 is 0. The number of aryl methyl sites for hydroxylation is 1. The van der Waals surface area contributed by atoms with Crippen molar-refractivity contribution < 1.29 is 4.74 Å². The Hall–Kier alpha value is -3.36. The third-order valence-corrected chi connectivity index (χ3v) is 11.4. The van der Waals surface area contributed by atoms with Crippen LogP contribution in [0.25, 0.3) is 6.08 Å². The van der Waals surface area contributed by atoms with Crippen LogP contribution in [0.15, 0.2) is 102 Å². The first-order chi connectivity index (χ1) is 16.9. The molecule has 1 aliphatic rings. The molecule has 0 aliphatic heterocycles. The van der Waals surface area contributed by atoms with E-state index in [1.807, 2.05) is 7.11 Å². The van der Waals surface area contributed by atoms with Gasteiger partial charge in [-0.25, -0.2) is 0 Å². The molecule has 35 heavy (non-hydrogen) atoms. The Bertz CT molecular complexity index is 1330. The molecule has 5 rings (SSSR count). The van der Waals surface area contributed by atoms with Crippen LogP contribution in [0, 0.1) is 6.92 Å². The zero-order valence-corrected chi connectivity index (χ0v) is 22.4. The molecule has 0 saturated heterocycles. The highest BCUT2D eigenvalue weighted by Gasteiger charge is 2.39. The van der Waals surface area contributed by atoms with Crippen LogP contribution in [0.3, 0.4) is 0 Å². The number of hydrogen-bond donors (Lipinski definition) is 0. The lowest BCUT2D eigenvalue weighted by Gasteiger charge is -2.32. The van der Waals surface area contributed by atoms with E-state index in [1.165, 1.54) is 38.6 Å². The van der Waals surface area contributed by atoms with Gasteiger partial charge in [0.2, 0.25) is 0 Å². The summed E-state index contributed by atoms with van der Waals surface area (Å²) in [4.78, 5) is 0. The molecule has 0 aromatic heterocycles. The van der Waals surface area contributed by atoms with Crippen molar-refractivity contribution in [2.75, 3.05) is 7.11 Å². The fraction of sp³-hybridized carbons (Fsp3) is 0.212. The van der Waals surface area contributed by atoms with Gasteiger partial charge in [0, 0.05) is 11.5 Å². The molecular weight excluding hydrogens is 440 g/mol. The van der Waals surface area contributed by atoms with Crippen molar-refractivity contribution in [3.63, 3.8) is 0 Å². The summed E-state index contributed by atoms with van der Waals surface area (Å²) in [7, 11) is -0.204. The molecule has 4 aromatic carbocycles. The van der Waals surface area contributed by atoms with E-state index in [2.05, 4.69) is 130 Å². The highest BCUT2D eigenvalue weighted by molar-refractivity contribution is 6.97. The van der Waals surface area contributed by atoms with E-state index in [0.29, 0.717) is 5.92 Å². The van der Waals surface area contributed by atoms with Crippen molar-refractivity contribution in [1.29, 1.82) is 0 Å². The number of fused-ring (bicyclic) bond motifs is 1. The first-order valence-corrected chi connectivity index (χ1v) is 15.5. The van der Waals surface area contributed by atoms with Crippen molar-refractivity contribution >= 4 is 19.3 Å². The Balaban J connectivity index is 1.71. The molecule has 176 valence electrons. The van der Waals surface area contributed by atoms with Crippen LogP contribution < -0.4 is 9.92 Å². The van der Waals surface area contributed by atoms with Crippen LogP contribution in [-0.4, -0.2) is 15.2 Å². The van der Waals surface area contributed by atoms with Gasteiger partial charge in [-0.3, -0.25) is 0 Å². The van der Waals surface area contributed by atoms with E-state index >= 15 is 0 Å². The molecule has 0 bridgehead atoms. The van der Waals surface area contributed by atoms with Crippen LogP contribution in [0.4, 0.5) is 0 Å². The minimum Gasteiger partial charge on any atom is -0.497 e. The van der Waals surface area contributed by atoms with Gasteiger partial charge in [0.15, 0.2) is 0 Å². The van der Waals surface area contributed by atoms with Gasteiger partial charge in [-0.1, -0.05) is 134 Å². The molecule has 1 atom stereocenters. The van der Waals surface area contributed by atoms with E-state index in [1.54, 1.807) is 5.20 Å². The minimum absolute atomic E-state index is 0.114. The Morgan fingerprint density at radius 1 is 0.771 bits per heavy atom. The molecule has 0 heterocycles. The smallest absolute Gasteiger partial charge is 0.122 e. The molecule has 4 aromatic rings. The maximum Gasteiger partial charge on any atom is 0.122 e. The number of rotatable bonds is 6. The standard InChI is InChI=1S/C33H34OSi/c1-23-20-29(32(25-14-8-6-9-15-25)26-16-10-7-11-17-26)33(34-3)31(21-23)35(4,5)30-22-27-18-12-13-19-28(27)24(30)2/h6-22,24,32H,1-5H3. The quantitative estimate of drug-likeness (QED) is 0.204. The summed E-state index contributed by atoms with van der Waals surface area (Å²) in [6, 6.07) is 35.2. The predicted molar refractivity (Wildman–Crippen MR) is 152 cm³/mol. The molecule has 0 spiro atoms. The van der Waals surface area contributed by atoms with Crippen LogP contribution in [0.1, 0.15) is 52.1 Å². The molecular formula is C33H34OSi. The van der Waals surface area contributed by atoms with Crippen molar-refractivity contribution in [3.05, 3.63) is 136 Å². The van der Waals surface area contributed by atoms with Crippen LogP contribution in [-0.2, 0) is 0 Å². The first-order valence-electron chi connectivity index (χ1n) is 12.5. The number of benzene rings is 4. The van der Waals surface area contributed by atoms with Gasteiger partial charge in [0.25, 0.3) is 0 Å². The Kier molecular flexibility index (Phi) is 6.25. The largest absolute Gasteiger partial charge is 0.497 e. The van der Waals surface area contributed by atoms with E-state index < -0.39 is 8.07 Å². The molecule has 1 unspecified atom stereocenters. The van der Waals surface area contributed by atoms with Gasteiger partial charge in [-0.2, -0.15) is 0 Å². The van der Waals surface area contributed by atoms with Crippen molar-refractivity contribution in [2.45, 2.75) is 38.8 Å². The van der Waals surface area contributed by atoms with E-state index in [-0.39, 0.29) is 5.92 Å². The fourth-order valence-electron chi connectivity index (χ4n) is 5.92. The zero-order valence-electron chi connectivity index (χ0n) is 21.4. The average molecular weight is 475 g/mol. The van der Waals surface area contributed by atoms with Crippen LogP contribution in [0.2, 0.25) is 13.1 Å². The fourth-order valence-corrected chi connectivity index (χ4v) is 9.39. The second kappa shape index (κ2) is 9.35. The van der Waals surface area contributed by atoms with Gasteiger partial charge in [-0.05, 0) is 40.3 Å². The summed E-state index contributed by atoms with van der Waals surface area (Å²) in [6.07, 6.45) is 2.46. The third kappa shape index (κ3) is 4.17. The molecule has 0 amide bonds. The molecule has 1 aliphatic carbocycles. The number of ether oxygens (including phenoxy) is 1. The first kappa shape index (κ1) is 23.4. The predicted octanol–water partition coefficient (Wildman–Crippen LogP) is 7.84. The average Bonchev–Trinajstić information content (AvgIpc) is 3.23. The lowest BCUT2D eigenvalue weighted by atomic mass is 9.84. The van der Waals surface area contributed by atoms with E-state index in [4.69, 9.17) is 4.74 Å². The highest BCUT2D eigenvalue weighted by atomic mass is 28.3. The molecule has 2 heteroatoms. The maximum absolute atomic E-state index is 6.32. The highest BCUT2D eigenvalue weighted by Crippen LogP contribution is 2.43. The summed E-state index contributed by atoms with van der Waals surface area (Å²) in [6.45, 7) is 9.57. The van der Waals surface area contributed by atoms with Gasteiger partial charge in [-0.15, -0.1) is 0 Å². The number of hydrogen-bond acceptors (Lipinski definition) is 1. The molecule has 0 saturated carbocycles. The summed E-state index contributed by atoms with van der Waals surface area (Å²) in [5.41, 5.74) is 7.93. The molecule has 0 N–H and O–H groups in total. The lowest BCUT2D eigenvalue weighted by Crippen LogP contribution is -2.46. The third-order valence-electron chi connectivity index (χ3n) is 7.68. The van der Waals surface area contributed by atoms with Crippen LogP contribution in [0.5, 0.6) is 5.75 Å². The van der Waals surface area contributed by atoms with Crippen LogP contribution >= 0.6 is 0 Å². The van der Waals surface area contributed by atoms with Crippen molar-refractivity contribution in [3.8, 4) is 5.75 Å². The molecule has 0 radical (unpaired) electrons. The minimum atomic E-state index is -2.05. The zero-order chi connectivity index (χ0) is 24.6.